The molecular weight excluding hydrogens is 769 g/mol. The number of carboxylic acid groups (broad SMARTS) is 1. The standard InChI is InChI=1S/C45H62N6O9/c1-6-7-8-9-27(2)10-11-30-12-15-33(28(3)22-30)42(54)50-37(26-52)44(56)51(5)40-32-14-17-39(60-21-19-47)35(25-32)34-23-31(13-16-38(34)59-20-18-46)24-36(45(57)58)49-41(53)29(4)48-43(40)55/h12-17,22-23,25,27,29,36-37,40,52H,6-11,18-21,24,26,46-47H2,1-5H3,(H,48,55)(H,49,53)(H,50,54)(H,57,58)/t27?,29-,36-,37-,40-/m0/s1. The van der Waals surface area contributed by atoms with E-state index < -0.39 is 60.4 Å². The maximum atomic E-state index is 14.3. The molecule has 0 fully saturated rings. The maximum Gasteiger partial charge on any atom is 0.326 e. The van der Waals surface area contributed by atoms with Crippen LogP contribution in [0.5, 0.6) is 11.5 Å². The highest BCUT2D eigenvalue weighted by molar-refractivity contribution is 6.00. The molecule has 1 aliphatic rings. The normalized spacial score (nSPS) is 17.6. The molecule has 3 aromatic carbocycles. The predicted octanol–water partition coefficient (Wildman–Crippen LogP) is 3.41. The second-order valence-corrected chi connectivity index (χ2v) is 15.5. The van der Waals surface area contributed by atoms with E-state index in [1.807, 2.05) is 19.1 Å². The molecule has 3 aromatic rings. The number of unbranched alkanes of at least 4 members (excludes halogenated alkanes) is 2. The zero-order valence-corrected chi connectivity index (χ0v) is 35.4. The van der Waals surface area contributed by atoms with E-state index >= 15 is 0 Å². The Bertz CT molecular complexity index is 1970. The number of aliphatic carboxylic acids is 1. The number of amides is 4. The Morgan fingerprint density at radius 3 is 2.20 bits per heavy atom. The van der Waals surface area contributed by atoms with Gasteiger partial charge in [-0.25, -0.2) is 4.79 Å². The van der Waals surface area contributed by atoms with Crippen LogP contribution in [0.3, 0.4) is 0 Å². The molecule has 0 radical (unpaired) electrons. The molecule has 15 heteroatoms. The number of hydrogen-bond acceptors (Lipinski definition) is 10. The van der Waals surface area contributed by atoms with Gasteiger partial charge in [0.05, 0.1) is 6.61 Å². The molecule has 5 atom stereocenters. The number of nitrogens with two attached hydrogens (primary N) is 2. The van der Waals surface area contributed by atoms with Crippen molar-refractivity contribution in [3.05, 3.63) is 82.4 Å². The van der Waals surface area contributed by atoms with Crippen LogP contribution in [0.1, 0.15) is 91.5 Å². The van der Waals surface area contributed by atoms with Gasteiger partial charge in [-0.05, 0) is 85.2 Å². The number of ether oxygens (including phenoxy) is 2. The van der Waals surface area contributed by atoms with Crippen molar-refractivity contribution < 1.29 is 43.7 Å². The van der Waals surface area contributed by atoms with Crippen molar-refractivity contribution in [2.75, 3.05) is 40.0 Å². The molecule has 0 aliphatic carbocycles. The van der Waals surface area contributed by atoms with E-state index in [1.165, 1.54) is 39.7 Å². The Labute approximate surface area is 352 Å². The van der Waals surface area contributed by atoms with E-state index in [0.29, 0.717) is 45.2 Å². The van der Waals surface area contributed by atoms with Crippen LogP contribution in [0, 0.1) is 12.8 Å². The van der Waals surface area contributed by atoms with Crippen LogP contribution in [-0.4, -0.2) is 103 Å². The zero-order chi connectivity index (χ0) is 43.9. The summed E-state index contributed by atoms with van der Waals surface area (Å²) < 4.78 is 12.0. The van der Waals surface area contributed by atoms with Gasteiger partial charge in [0.25, 0.3) is 5.91 Å². The molecule has 326 valence electrons. The Morgan fingerprint density at radius 2 is 1.58 bits per heavy atom. The summed E-state index contributed by atoms with van der Waals surface area (Å²) in [5.74, 6) is -2.89. The molecule has 0 saturated carbocycles. The van der Waals surface area contributed by atoms with Crippen molar-refractivity contribution in [3.8, 4) is 22.6 Å². The van der Waals surface area contributed by atoms with Crippen LogP contribution in [0.2, 0.25) is 0 Å². The van der Waals surface area contributed by atoms with Crippen LogP contribution in [-0.2, 0) is 32.0 Å². The maximum absolute atomic E-state index is 14.3. The quantitative estimate of drug-likeness (QED) is 0.0865. The van der Waals surface area contributed by atoms with Gasteiger partial charge in [0, 0.05) is 43.2 Å². The number of nitrogens with one attached hydrogen (secondary N) is 3. The molecule has 60 heavy (non-hydrogen) atoms. The van der Waals surface area contributed by atoms with Crippen LogP contribution >= 0.6 is 0 Å². The zero-order valence-electron chi connectivity index (χ0n) is 35.4. The van der Waals surface area contributed by atoms with Gasteiger partial charge in [-0.3, -0.25) is 19.2 Å². The molecule has 9 N–H and O–H groups in total. The van der Waals surface area contributed by atoms with Gasteiger partial charge in [-0.15, -0.1) is 0 Å². The summed E-state index contributed by atoms with van der Waals surface area (Å²) in [6.45, 7) is 7.56. The van der Waals surface area contributed by atoms with Crippen molar-refractivity contribution in [2.24, 2.45) is 17.4 Å². The van der Waals surface area contributed by atoms with Crippen LogP contribution in [0.4, 0.5) is 0 Å². The summed E-state index contributed by atoms with van der Waals surface area (Å²) >= 11 is 0. The number of carbonyl (C=O) groups is 5. The van der Waals surface area contributed by atoms with E-state index in [0.717, 1.165) is 23.3 Å². The summed E-state index contributed by atoms with van der Waals surface area (Å²) in [7, 11) is 1.36. The highest BCUT2D eigenvalue weighted by atomic mass is 16.5. The number of fused-ring (bicyclic) bond motifs is 5. The van der Waals surface area contributed by atoms with Crippen LogP contribution < -0.4 is 36.9 Å². The molecule has 4 rings (SSSR count). The first-order valence-electron chi connectivity index (χ1n) is 20.8. The topological polar surface area (TPSA) is 236 Å². The number of aryl methyl sites for hydroxylation is 2. The van der Waals surface area contributed by atoms with E-state index in [4.69, 9.17) is 20.9 Å². The van der Waals surface area contributed by atoms with E-state index in [9.17, 15) is 34.2 Å². The molecule has 4 amide bonds. The van der Waals surface area contributed by atoms with Gasteiger partial charge >= 0.3 is 5.97 Å². The minimum Gasteiger partial charge on any atom is -0.492 e. The number of likely N-dealkylation sites (N-methyl/N-ethyl adjacent to an activating group) is 1. The van der Waals surface area contributed by atoms with Crippen molar-refractivity contribution in [3.63, 3.8) is 0 Å². The first-order valence-corrected chi connectivity index (χ1v) is 20.8. The second-order valence-electron chi connectivity index (χ2n) is 15.5. The minimum absolute atomic E-state index is 0.0964. The third kappa shape index (κ3) is 12.5. The number of benzene rings is 3. The fourth-order valence-electron chi connectivity index (χ4n) is 7.30. The Hall–Kier alpha value is -5.51. The van der Waals surface area contributed by atoms with Gasteiger partial charge in [0.2, 0.25) is 17.7 Å². The molecule has 1 unspecified atom stereocenters. The fraction of sp³-hybridized carbons (Fsp3) is 0.489. The van der Waals surface area contributed by atoms with Gasteiger partial charge in [0.1, 0.15) is 48.9 Å². The molecular formula is C45H62N6O9. The summed E-state index contributed by atoms with van der Waals surface area (Å²) in [5.41, 5.74) is 15.4. The molecule has 0 aromatic heterocycles. The van der Waals surface area contributed by atoms with E-state index in [-0.39, 0.29) is 38.3 Å². The highest BCUT2D eigenvalue weighted by Gasteiger charge is 2.36. The fourth-order valence-corrected chi connectivity index (χ4v) is 7.30. The third-order valence-corrected chi connectivity index (χ3v) is 10.7. The number of rotatable bonds is 19. The van der Waals surface area contributed by atoms with E-state index in [1.54, 1.807) is 42.5 Å². The van der Waals surface area contributed by atoms with Crippen molar-refractivity contribution >= 4 is 29.6 Å². The van der Waals surface area contributed by atoms with Crippen molar-refractivity contribution in [1.29, 1.82) is 0 Å². The second kappa shape index (κ2) is 22.7. The number of nitrogens with zero attached hydrogens (tertiary/aromatic N) is 1. The van der Waals surface area contributed by atoms with E-state index in [2.05, 4.69) is 29.8 Å². The summed E-state index contributed by atoms with van der Waals surface area (Å²) in [4.78, 5) is 69.0. The first kappa shape index (κ1) is 47.2. The third-order valence-electron chi connectivity index (χ3n) is 10.7. The number of aliphatic hydroxyl groups excluding tert-OH is 1. The van der Waals surface area contributed by atoms with Crippen LogP contribution in [0.15, 0.2) is 54.6 Å². The molecule has 1 aliphatic heterocycles. The average Bonchev–Trinajstić information content (AvgIpc) is 3.22. The lowest BCUT2D eigenvalue weighted by Crippen LogP contribution is -2.55. The Kier molecular flexibility index (Phi) is 17.9. The van der Waals surface area contributed by atoms with Crippen molar-refractivity contribution in [2.45, 2.75) is 96.8 Å². The summed E-state index contributed by atoms with van der Waals surface area (Å²) in [6, 6.07) is 10.0. The van der Waals surface area contributed by atoms with Crippen LogP contribution in [0.25, 0.3) is 11.1 Å². The summed E-state index contributed by atoms with van der Waals surface area (Å²) in [5, 5.41) is 28.4. The number of hydrogen-bond donors (Lipinski definition) is 7. The Morgan fingerprint density at radius 1 is 0.917 bits per heavy atom. The molecule has 15 nitrogen and oxygen atoms in total. The predicted molar refractivity (Wildman–Crippen MR) is 229 cm³/mol. The SMILES string of the molecule is CCCCCC(C)CCc1ccc(C(=O)N[C@@H](CO)C(=O)N(C)[C@@H]2C(=O)N[C@@H](C)C(=O)N[C@H](C(=O)O)Cc3ccc(OCCN)c(c3)-c3cc2ccc3OCCN)c(C)c1. The first-order chi connectivity index (χ1) is 28.7. The number of carboxylic acids is 1. The molecule has 0 saturated heterocycles. The minimum atomic E-state index is -1.46. The number of carbonyl (C=O) groups excluding carboxylic acids is 4. The lowest BCUT2D eigenvalue weighted by atomic mass is 9.93. The molecule has 0 spiro atoms. The average molecular weight is 831 g/mol. The monoisotopic (exact) mass is 830 g/mol. The molecule has 4 bridgehead atoms. The lowest BCUT2D eigenvalue weighted by molar-refractivity contribution is -0.143. The largest absolute Gasteiger partial charge is 0.492 e. The molecule has 1 heterocycles. The lowest BCUT2D eigenvalue weighted by Gasteiger charge is -2.32. The highest BCUT2D eigenvalue weighted by Crippen LogP contribution is 2.40. The van der Waals surface area contributed by atoms with Gasteiger partial charge in [-0.1, -0.05) is 63.8 Å². The Balaban J connectivity index is 1.72. The van der Waals surface area contributed by atoms with Crippen molar-refractivity contribution in [1.82, 2.24) is 20.9 Å². The van der Waals surface area contributed by atoms with Gasteiger partial charge in [-0.2, -0.15) is 0 Å². The smallest absolute Gasteiger partial charge is 0.326 e. The number of aliphatic hydroxyl groups is 1. The van der Waals surface area contributed by atoms with Gasteiger partial charge < -0.3 is 52.0 Å². The summed E-state index contributed by atoms with van der Waals surface area (Å²) in [6.07, 6.45) is 6.61. The van der Waals surface area contributed by atoms with Gasteiger partial charge in [0.15, 0.2) is 0 Å².